The zero-order valence-electron chi connectivity index (χ0n) is 12.3. The van der Waals surface area contributed by atoms with Crippen molar-refractivity contribution in [2.24, 2.45) is 11.8 Å². The third-order valence-corrected chi connectivity index (χ3v) is 3.95. The van der Waals surface area contributed by atoms with Crippen LogP contribution in [0.2, 0.25) is 0 Å². The maximum Gasteiger partial charge on any atom is 0.325 e. The quantitative estimate of drug-likeness (QED) is 0.824. The lowest BCUT2D eigenvalue weighted by molar-refractivity contribution is -0.137. The number of amides is 1. The summed E-state index contributed by atoms with van der Waals surface area (Å²) < 4.78 is 1.14. The Morgan fingerprint density at radius 2 is 2.29 bits per heavy atom. The number of aromatic nitrogens is 3. The fourth-order valence-corrected chi connectivity index (χ4v) is 2.92. The summed E-state index contributed by atoms with van der Waals surface area (Å²) in [6, 6.07) is 0. The minimum Gasteiger partial charge on any atom is -0.480 e. The lowest BCUT2D eigenvalue weighted by Gasteiger charge is -2.26. The first-order chi connectivity index (χ1) is 10.0. The summed E-state index contributed by atoms with van der Waals surface area (Å²) in [5.41, 5.74) is 0.160. The number of hydrogen-bond donors (Lipinski definition) is 2. The molecule has 2 unspecified atom stereocenters. The minimum absolute atomic E-state index is 0.160. The van der Waals surface area contributed by atoms with E-state index >= 15 is 0 Å². The highest BCUT2D eigenvalue weighted by molar-refractivity contribution is 5.91. The molecule has 1 aromatic heterocycles. The van der Waals surface area contributed by atoms with Gasteiger partial charge in [-0.1, -0.05) is 31.4 Å². The number of aliphatic carboxylic acids is 1. The average molecular weight is 294 g/mol. The smallest absolute Gasteiger partial charge is 0.325 e. The predicted octanol–water partition coefficient (Wildman–Crippen LogP) is 1.31. The van der Waals surface area contributed by atoms with Crippen LogP contribution in [-0.4, -0.2) is 38.5 Å². The van der Waals surface area contributed by atoms with Crippen LogP contribution in [0.15, 0.2) is 6.20 Å². The van der Waals surface area contributed by atoms with Crippen LogP contribution < -0.4 is 5.32 Å². The number of rotatable bonds is 6. The Kier molecular flexibility index (Phi) is 5.30. The Bertz CT molecular complexity index is 500. The van der Waals surface area contributed by atoms with Crippen LogP contribution in [0.25, 0.3) is 0 Å². The molecule has 0 radical (unpaired) electrons. The van der Waals surface area contributed by atoms with Crippen molar-refractivity contribution in [3.05, 3.63) is 11.9 Å². The molecule has 1 aliphatic carbocycles. The van der Waals surface area contributed by atoms with Gasteiger partial charge >= 0.3 is 5.97 Å². The molecule has 1 saturated carbocycles. The second-order valence-corrected chi connectivity index (χ2v) is 5.88. The van der Waals surface area contributed by atoms with E-state index in [0.29, 0.717) is 12.5 Å². The van der Waals surface area contributed by atoms with Crippen molar-refractivity contribution in [3.63, 3.8) is 0 Å². The molecule has 1 heterocycles. The molecule has 0 aromatic carbocycles. The maximum atomic E-state index is 11.9. The largest absolute Gasteiger partial charge is 0.480 e. The number of carboxylic acid groups (broad SMARTS) is 1. The van der Waals surface area contributed by atoms with Crippen molar-refractivity contribution in [1.29, 1.82) is 0 Å². The highest BCUT2D eigenvalue weighted by Crippen LogP contribution is 2.30. The van der Waals surface area contributed by atoms with Crippen LogP contribution >= 0.6 is 0 Å². The molecule has 1 fully saturated rings. The summed E-state index contributed by atoms with van der Waals surface area (Å²) in [6.45, 7) is 2.62. The molecular weight excluding hydrogens is 272 g/mol. The molecule has 1 amide bonds. The molecule has 2 N–H and O–H groups in total. The van der Waals surface area contributed by atoms with E-state index in [1.807, 2.05) is 0 Å². The van der Waals surface area contributed by atoms with Crippen molar-refractivity contribution in [1.82, 2.24) is 20.3 Å². The highest BCUT2D eigenvalue weighted by Gasteiger charge is 2.19. The monoisotopic (exact) mass is 294 g/mol. The fraction of sp³-hybridized carbons (Fsp3) is 0.714. The lowest BCUT2D eigenvalue weighted by atomic mass is 9.81. The van der Waals surface area contributed by atoms with Gasteiger partial charge in [-0.3, -0.25) is 9.59 Å². The zero-order chi connectivity index (χ0) is 15.2. The van der Waals surface area contributed by atoms with Crippen molar-refractivity contribution in [3.8, 4) is 0 Å². The third kappa shape index (κ3) is 4.84. The summed E-state index contributed by atoms with van der Waals surface area (Å²) in [5.74, 6) is 0.167. The molecule has 21 heavy (non-hydrogen) atoms. The number of nitrogens with one attached hydrogen (secondary N) is 1. The summed E-state index contributed by atoms with van der Waals surface area (Å²) >= 11 is 0. The van der Waals surface area contributed by atoms with Gasteiger partial charge in [-0.15, -0.1) is 5.10 Å². The highest BCUT2D eigenvalue weighted by atomic mass is 16.4. The number of carboxylic acids is 1. The number of carbonyl (C=O) groups is 2. The summed E-state index contributed by atoms with van der Waals surface area (Å²) in [7, 11) is 0. The first kappa shape index (κ1) is 15.5. The number of nitrogens with zero attached hydrogens (tertiary/aromatic N) is 3. The van der Waals surface area contributed by atoms with Gasteiger partial charge in [0.2, 0.25) is 0 Å². The van der Waals surface area contributed by atoms with Gasteiger partial charge in [0, 0.05) is 6.54 Å². The van der Waals surface area contributed by atoms with Crippen molar-refractivity contribution >= 4 is 11.9 Å². The third-order valence-electron chi connectivity index (χ3n) is 3.95. The molecule has 7 nitrogen and oxygen atoms in total. The van der Waals surface area contributed by atoms with Crippen LogP contribution in [0.4, 0.5) is 0 Å². The van der Waals surface area contributed by atoms with Gasteiger partial charge in [-0.25, -0.2) is 4.68 Å². The van der Waals surface area contributed by atoms with Crippen LogP contribution in [0.3, 0.4) is 0 Å². The van der Waals surface area contributed by atoms with Gasteiger partial charge in [0.25, 0.3) is 5.91 Å². The zero-order valence-corrected chi connectivity index (χ0v) is 12.3. The Balaban J connectivity index is 1.74. The topological polar surface area (TPSA) is 97.1 Å². The second kappa shape index (κ2) is 7.19. The van der Waals surface area contributed by atoms with E-state index < -0.39 is 5.97 Å². The molecule has 0 spiro atoms. The lowest BCUT2D eigenvalue weighted by Crippen LogP contribution is -2.27. The molecule has 1 aromatic rings. The van der Waals surface area contributed by atoms with Crippen LogP contribution in [0.5, 0.6) is 0 Å². The SMILES string of the molecule is CC1CCCC(CCNC(=O)c2cn(CC(=O)O)nn2)C1. The summed E-state index contributed by atoms with van der Waals surface area (Å²) in [5, 5.41) is 18.8. The Morgan fingerprint density at radius 3 is 3.00 bits per heavy atom. The van der Waals surface area contributed by atoms with Crippen LogP contribution in [0.1, 0.15) is 49.5 Å². The maximum absolute atomic E-state index is 11.9. The number of carbonyl (C=O) groups excluding carboxylic acids is 1. The standard InChI is InChI=1S/C14H22N4O3/c1-10-3-2-4-11(7-10)5-6-15-14(21)12-8-18(17-16-12)9-13(19)20/h8,10-11H,2-7,9H2,1H3,(H,15,21)(H,19,20). The van der Waals surface area contributed by atoms with E-state index in [1.54, 1.807) is 0 Å². The molecule has 7 heteroatoms. The molecule has 116 valence electrons. The van der Waals surface area contributed by atoms with Crippen molar-refractivity contribution in [2.45, 2.75) is 45.6 Å². The van der Waals surface area contributed by atoms with Gasteiger partial charge < -0.3 is 10.4 Å². The van der Waals surface area contributed by atoms with Gasteiger partial charge in [0.1, 0.15) is 6.54 Å². The van der Waals surface area contributed by atoms with Crippen molar-refractivity contribution < 1.29 is 14.7 Å². The molecule has 1 aliphatic rings. The van der Waals surface area contributed by atoms with Gasteiger partial charge in [0.15, 0.2) is 5.69 Å². The molecule has 2 rings (SSSR count). The van der Waals surface area contributed by atoms with Crippen LogP contribution in [-0.2, 0) is 11.3 Å². The van der Waals surface area contributed by atoms with E-state index in [9.17, 15) is 9.59 Å². The summed E-state index contributed by atoms with van der Waals surface area (Å²) in [6.07, 6.45) is 7.42. The van der Waals surface area contributed by atoms with Gasteiger partial charge in [0.05, 0.1) is 6.20 Å². The van der Waals surface area contributed by atoms with E-state index in [4.69, 9.17) is 5.11 Å². The molecule has 0 bridgehead atoms. The predicted molar refractivity (Wildman–Crippen MR) is 75.7 cm³/mol. The van der Waals surface area contributed by atoms with Gasteiger partial charge in [-0.2, -0.15) is 0 Å². The molecule has 0 saturated heterocycles. The first-order valence-corrected chi connectivity index (χ1v) is 7.44. The second-order valence-electron chi connectivity index (χ2n) is 5.88. The average Bonchev–Trinajstić information content (AvgIpc) is 2.86. The van der Waals surface area contributed by atoms with Gasteiger partial charge in [-0.05, 0) is 24.7 Å². The first-order valence-electron chi connectivity index (χ1n) is 7.44. The Hall–Kier alpha value is -1.92. The Labute approximate surface area is 123 Å². The van der Waals surface area contributed by atoms with E-state index in [1.165, 1.54) is 31.9 Å². The summed E-state index contributed by atoms with van der Waals surface area (Å²) in [4.78, 5) is 22.4. The Morgan fingerprint density at radius 1 is 1.48 bits per heavy atom. The molecule has 2 atom stereocenters. The normalized spacial score (nSPS) is 22.0. The fourth-order valence-electron chi connectivity index (χ4n) is 2.92. The molecule has 0 aliphatic heterocycles. The molecular formula is C14H22N4O3. The van der Waals surface area contributed by atoms with Crippen LogP contribution in [0, 0.1) is 11.8 Å². The minimum atomic E-state index is -1.02. The van der Waals surface area contributed by atoms with E-state index in [0.717, 1.165) is 17.0 Å². The van der Waals surface area contributed by atoms with Crippen molar-refractivity contribution in [2.75, 3.05) is 6.54 Å². The number of hydrogen-bond acceptors (Lipinski definition) is 4. The van der Waals surface area contributed by atoms with E-state index in [-0.39, 0.29) is 18.1 Å². The van der Waals surface area contributed by atoms with E-state index in [2.05, 4.69) is 22.6 Å².